The van der Waals surface area contributed by atoms with Gasteiger partial charge in [0.2, 0.25) is 0 Å². The van der Waals surface area contributed by atoms with E-state index in [0.29, 0.717) is 0 Å². The summed E-state index contributed by atoms with van der Waals surface area (Å²) in [5.41, 5.74) is -0.0234. The number of amides is 2. The second-order valence-corrected chi connectivity index (χ2v) is 3.93. The first-order valence-corrected chi connectivity index (χ1v) is 5.51. The molecule has 1 aromatic carbocycles. The molecule has 0 spiro atoms. The number of esters is 1. The first-order chi connectivity index (χ1) is 9.53. The number of imide groups is 1. The average molecular weight is 278 g/mol. The van der Waals surface area contributed by atoms with Crippen LogP contribution in [0.1, 0.15) is 20.7 Å². The summed E-state index contributed by atoms with van der Waals surface area (Å²) >= 11 is 0. The van der Waals surface area contributed by atoms with Crippen LogP contribution in [-0.4, -0.2) is 43.4 Å². The van der Waals surface area contributed by atoms with Crippen LogP contribution < -0.4 is 4.74 Å². The van der Waals surface area contributed by atoms with E-state index in [-0.39, 0.29) is 22.6 Å². The number of carbonyl (C=O) groups is 3. The smallest absolute Gasteiger partial charge is 0.325 e. The maximum Gasteiger partial charge on any atom is 0.325 e. The molecule has 0 atom stereocenters. The average Bonchev–Trinajstić information content (AvgIpc) is 2.70. The van der Waals surface area contributed by atoms with Gasteiger partial charge in [-0.2, -0.15) is 0 Å². The molecule has 2 rings (SSSR count). The van der Waals surface area contributed by atoms with Gasteiger partial charge in [-0.15, -0.1) is 4.91 Å². The molecule has 0 N–H and O–H groups in total. The number of ether oxygens (including phenoxy) is 2. The van der Waals surface area contributed by atoms with Crippen LogP contribution in [0.15, 0.2) is 17.3 Å². The number of nitroso groups, excluding NO2 is 1. The van der Waals surface area contributed by atoms with Gasteiger partial charge in [-0.25, -0.2) is 0 Å². The van der Waals surface area contributed by atoms with E-state index < -0.39 is 24.3 Å². The summed E-state index contributed by atoms with van der Waals surface area (Å²) in [7, 11) is 2.46. The summed E-state index contributed by atoms with van der Waals surface area (Å²) in [6.07, 6.45) is 0. The fourth-order valence-corrected chi connectivity index (χ4v) is 1.88. The van der Waals surface area contributed by atoms with Crippen LogP contribution in [-0.2, 0) is 9.53 Å². The van der Waals surface area contributed by atoms with Crippen molar-refractivity contribution in [1.82, 2.24) is 4.90 Å². The molecule has 0 bridgehead atoms. The Balaban J connectivity index is 2.46. The highest BCUT2D eigenvalue weighted by molar-refractivity contribution is 6.22. The number of methoxy groups -OCH3 is 2. The number of nitrogens with zero attached hydrogens (tertiary/aromatic N) is 2. The first-order valence-electron chi connectivity index (χ1n) is 5.51. The van der Waals surface area contributed by atoms with Crippen molar-refractivity contribution in [3.05, 3.63) is 28.2 Å². The molecule has 20 heavy (non-hydrogen) atoms. The van der Waals surface area contributed by atoms with E-state index in [1.54, 1.807) is 0 Å². The Labute approximate surface area is 113 Å². The van der Waals surface area contributed by atoms with Gasteiger partial charge in [-0.3, -0.25) is 19.3 Å². The zero-order chi connectivity index (χ0) is 14.9. The number of hydrogen-bond acceptors (Lipinski definition) is 7. The van der Waals surface area contributed by atoms with Crippen LogP contribution in [0, 0.1) is 4.91 Å². The van der Waals surface area contributed by atoms with E-state index in [2.05, 4.69) is 9.91 Å². The quantitative estimate of drug-likeness (QED) is 0.460. The molecule has 1 aliphatic heterocycles. The predicted octanol–water partition coefficient (Wildman–Crippen LogP) is 0.862. The summed E-state index contributed by atoms with van der Waals surface area (Å²) in [5, 5.41) is 2.73. The molecule has 0 saturated carbocycles. The molecule has 0 aliphatic carbocycles. The summed E-state index contributed by atoms with van der Waals surface area (Å²) in [6, 6.07) is 2.42. The number of carbonyl (C=O) groups excluding carboxylic acids is 3. The summed E-state index contributed by atoms with van der Waals surface area (Å²) in [6.45, 7) is -0.491. The lowest BCUT2D eigenvalue weighted by Gasteiger charge is -2.11. The van der Waals surface area contributed by atoms with Crippen molar-refractivity contribution in [3.63, 3.8) is 0 Å². The minimum Gasteiger partial charge on any atom is -0.494 e. The monoisotopic (exact) mass is 278 g/mol. The van der Waals surface area contributed by atoms with Crippen molar-refractivity contribution in [2.75, 3.05) is 20.8 Å². The van der Waals surface area contributed by atoms with Gasteiger partial charge in [0.15, 0.2) is 5.69 Å². The molecule has 1 heterocycles. The second kappa shape index (κ2) is 5.08. The zero-order valence-electron chi connectivity index (χ0n) is 10.7. The van der Waals surface area contributed by atoms with E-state index in [1.165, 1.54) is 19.2 Å². The normalized spacial score (nSPS) is 13.2. The Morgan fingerprint density at radius 1 is 1.20 bits per heavy atom. The molecular weight excluding hydrogens is 268 g/mol. The van der Waals surface area contributed by atoms with Crippen LogP contribution in [0.4, 0.5) is 5.69 Å². The van der Waals surface area contributed by atoms with Crippen molar-refractivity contribution >= 4 is 23.5 Å². The van der Waals surface area contributed by atoms with Gasteiger partial charge in [0.05, 0.1) is 25.3 Å². The molecule has 8 heteroatoms. The number of rotatable bonds is 4. The molecule has 2 amide bonds. The van der Waals surface area contributed by atoms with Gasteiger partial charge < -0.3 is 9.47 Å². The van der Waals surface area contributed by atoms with Gasteiger partial charge in [0, 0.05) is 0 Å². The molecule has 1 aliphatic rings. The van der Waals surface area contributed by atoms with Gasteiger partial charge in [-0.05, 0) is 17.3 Å². The Hall–Kier alpha value is -2.77. The Morgan fingerprint density at radius 2 is 1.80 bits per heavy atom. The highest BCUT2D eigenvalue weighted by Gasteiger charge is 2.38. The van der Waals surface area contributed by atoms with E-state index in [4.69, 9.17) is 4.74 Å². The van der Waals surface area contributed by atoms with Crippen molar-refractivity contribution in [1.29, 1.82) is 0 Å². The summed E-state index contributed by atoms with van der Waals surface area (Å²) in [4.78, 5) is 46.7. The molecule has 1 aromatic rings. The lowest BCUT2D eigenvalue weighted by Crippen LogP contribution is -2.35. The lowest BCUT2D eigenvalue weighted by molar-refractivity contribution is -0.140. The minimum absolute atomic E-state index is 0.00861. The van der Waals surface area contributed by atoms with Gasteiger partial charge in [0.25, 0.3) is 11.8 Å². The molecule has 104 valence electrons. The van der Waals surface area contributed by atoms with Crippen molar-refractivity contribution in [3.8, 4) is 5.75 Å². The summed E-state index contributed by atoms with van der Waals surface area (Å²) < 4.78 is 9.33. The zero-order valence-corrected chi connectivity index (χ0v) is 10.7. The Kier molecular flexibility index (Phi) is 3.47. The fourth-order valence-electron chi connectivity index (χ4n) is 1.88. The van der Waals surface area contributed by atoms with Crippen LogP contribution >= 0.6 is 0 Å². The molecule has 0 unspecified atom stereocenters. The van der Waals surface area contributed by atoms with E-state index in [1.807, 2.05) is 0 Å². The molecule has 0 fully saturated rings. The minimum atomic E-state index is -0.722. The predicted molar refractivity (Wildman–Crippen MR) is 65.8 cm³/mol. The van der Waals surface area contributed by atoms with Crippen molar-refractivity contribution in [2.45, 2.75) is 0 Å². The van der Waals surface area contributed by atoms with Gasteiger partial charge in [0.1, 0.15) is 12.3 Å². The molecule has 0 saturated heterocycles. The molecule has 0 radical (unpaired) electrons. The van der Waals surface area contributed by atoms with Crippen molar-refractivity contribution in [2.24, 2.45) is 5.18 Å². The number of benzene rings is 1. The van der Waals surface area contributed by atoms with E-state index >= 15 is 0 Å². The van der Waals surface area contributed by atoms with E-state index in [9.17, 15) is 19.3 Å². The lowest BCUT2D eigenvalue weighted by atomic mass is 10.1. The third kappa shape index (κ3) is 2.00. The van der Waals surface area contributed by atoms with Crippen LogP contribution in [0.5, 0.6) is 5.75 Å². The van der Waals surface area contributed by atoms with Crippen LogP contribution in [0.25, 0.3) is 0 Å². The van der Waals surface area contributed by atoms with Gasteiger partial charge >= 0.3 is 5.97 Å². The standard InChI is InChI=1S/C12H10N2O6/c1-19-9-4-7-6(3-8(9)13-18)11(16)14(12(7)17)5-10(15)20-2/h3-4H,5H2,1-2H3. The highest BCUT2D eigenvalue weighted by atomic mass is 16.5. The van der Waals surface area contributed by atoms with E-state index in [0.717, 1.165) is 12.0 Å². The maximum atomic E-state index is 12.1. The molecular formula is C12H10N2O6. The van der Waals surface area contributed by atoms with Crippen molar-refractivity contribution < 1.29 is 23.9 Å². The maximum absolute atomic E-state index is 12.1. The largest absolute Gasteiger partial charge is 0.494 e. The third-order valence-electron chi connectivity index (χ3n) is 2.88. The molecule has 8 nitrogen and oxygen atoms in total. The first kappa shape index (κ1) is 13.7. The highest BCUT2D eigenvalue weighted by Crippen LogP contribution is 2.34. The third-order valence-corrected chi connectivity index (χ3v) is 2.88. The van der Waals surface area contributed by atoms with Crippen LogP contribution in [0.2, 0.25) is 0 Å². The van der Waals surface area contributed by atoms with Gasteiger partial charge in [-0.1, -0.05) is 0 Å². The SMILES string of the molecule is COC(=O)CN1C(=O)c2cc(N=O)c(OC)cc2C1=O. The number of fused-ring (bicyclic) bond motifs is 1. The molecule has 0 aromatic heterocycles. The number of hydrogen-bond donors (Lipinski definition) is 0. The topological polar surface area (TPSA) is 102 Å². The Bertz CT molecular complexity index is 625. The van der Waals surface area contributed by atoms with Crippen LogP contribution in [0.3, 0.4) is 0 Å². The Morgan fingerprint density at radius 3 is 2.30 bits per heavy atom. The fraction of sp³-hybridized carbons (Fsp3) is 0.250. The second-order valence-electron chi connectivity index (χ2n) is 3.93. The summed E-state index contributed by atoms with van der Waals surface area (Å²) in [5.74, 6) is -1.96.